The molecular formula is C30H39ClN2O2S. The smallest absolute Gasteiger partial charge is 0.252 e. The van der Waals surface area contributed by atoms with Gasteiger partial charge >= 0.3 is 0 Å². The zero-order valence-corrected chi connectivity index (χ0v) is 21.9. The molecule has 2 aromatic carbocycles. The van der Waals surface area contributed by atoms with Crippen molar-refractivity contribution in [1.29, 1.82) is 0 Å². The highest BCUT2D eigenvalue weighted by Crippen LogP contribution is 2.42. The van der Waals surface area contributed by atoms with E-state index in [0.29, 0.717) is 23.4 Å². The van der Waals surface area contributed by atoms with Crippen molar-refractivity contribution >= 4 is 34.3 Å². The number of pyridine rings is 1. The van der Waals surface area contributed by atoms with Gasteiger partial charge in [-0.15, -0.1) is 11.8 Å². The SMILES string of the molecule is C.CSc1ccc2[nH]c(=O)c(C(c3ccc(Cl)cc3)C3(O)CCNC(CC4CCCCC4)C3)cc2c1. The molecule has 0 amide bonds. The highest BCUT2D eigenvalue weighted by Gasteiger charge is 2.44. The van der Waals surface area contributed by atoms with Crippen LogP contribution in [0.5, 0.6) is 0 Å². The zero-order valence-electron chi connectivity index (χ0n) is 20.4. The van der Waals surface area contributed by atoms with E-state index in [9.17, 15) is 9.90 Å². The topological polar surface area (TPSA) is 65.1 Å². The molecule has 2 fully saturated rings. The molecule has 36 heavy (non-hydrogen) atoms. The first kappa shape index (κ1) is 27.3. The van der Waals surface area contributed by atoms with Crippen molar-refractivity contribution in [2.75, 3.05) is 12.8 Å². The molecule has 3 N–H and O–H groups in total. The van der Waals surface area contributed by atoms with Gasteiger partial charge in [-0.3, -0.25) is 4.79 Å². The summed E-state index contributed by atoms with van der Waals surface area (Å²) in [7, 11) is 0. The molecule has 3 atom stereocenters. The summed E-state index contributed by atoms with van der Waals surface area (Å²) in [6.45, 7) is 0.750. The second-order valence-electron chi connectivity index (χ2n) is 10.4. The average Bonchev–Trinajstić information content (AvgIpc) is 2.86. The molecule has 1 aromatic heterocycles. The first-order valence-electron chi connectivity index (χ1n) is 12.9. The number of hydrogen-bond acceptors (Lipinski definition) is 4. The maximum Gasteiger partial charge on any atom is 0.252 e. The highest BCUT2D eigenvalue weighted by molar-refractivity contribution is 7.98. The van der Waals surface area contributed by atoms with Crippen LogP contribution in [0.15, 0.2) is 58.2 Å². The largest absolute Gasteiger partial charge is 0.389 e. The van der Waals surface area contributed by atoms with Gasteiger partial charge in [0, 0.05) is 33.0 Å². The van der Waals surface area contributed by atoms with E-state index in [1.807, 2.05) is 42.5 Å². The van der Waals surface area contributed by atoms with Crippen LogP contribution >= 0.6 is 23.4 Å². The Labute approximate surface area is 224 Å². The van der Waals surface area contributed by atoms with Crippen molar-refractivity contribution in [3.63, 3.8) is 0 Å². The van der Waals surface area contributed by atoms with E-state index in [-0.39, 0.29) is 19.0 Å². The molecule has 1 aliphatic heterocycles. The summed E-state index contributed by atoms with van der Waals surface area (Å²) in [5, 5.41) is 17.6. The molecule has 1 aliphatic carbocycles. The third-order valence-electron chi connectivity index (χ3n) is 8.07. The Balaban J connectivity index is 0.00000304. The van der Waals surface area contributed by atoms with Crippen LogP contribution in [0, 0.1) is 5.92 Å². The van der Waals surface area contributed by atoms with E-state index >= 15 is 0 Å². The van der Waals surface area contributed by atoms with Crippen LogP contribution in [0.2, 0.25) is 5.02 Å². The zero-order chi connectivity index (χ0) is 24.4. The summed E-state index contributed by atoms with van der Waals surface area (Å²) in [6, 6.07) is 16.0. The van der Waals surface area contributed by atoms with Crippen molar-refractivity contribution in [3.8, 4) is 0 Å². The van der Waals surface area contributed by atoms with Gasteiger partial charge in [0.1, 0.15) is 0 Å². The van der Waals surface area contributed by atoms with Crippen molar-refractivity contribution < 1.29 is 5.11 Å². The number of rotatable bonds is 6. The van der Waals surface area contributed by atoms with Gasteiger partial charge in [-0.05, 0) is 85.3 Å². The Kier molecular flexibility index (Phi) is 8.87. The summed E-state index contributed by atoms with van der Waals surface area (Å²) >= 11 is 7.89. The predicted molar refractivity (Wildman–Crippen MR) is 154 cm³/mol. The molecule has 1 saturated heterocycles. The van der Waals surface area contributed by atoms with Crippen LogP contribution in [-0.4, -0.2) is 34.5 Å². The monoisotopic (exact) mass is 526 g/mol. The summed E-state index contributed by atoms with van der Waals surface area (Å²) in [5.74, 6) is 0.299. The van der Waals surface area contributed by atoms with Gasteiger partial charge < -0.3 is 15.4 Å². The molecule has 6 heteroatoms. The molecule has 0 bridgehead atoms. The highest BCUT2D eigenvalue weighted by atomic mass is 35.5. The number of aromatic nitrogens is 1. The maximum absolute atomic E-state index is 13.4. The summed E-state index contributed by atoms with van der Waals surface area (Å²) in [4.78, 5) is 17.7. The van der Waals surface area contributed by atoms with Gasteiger partial charge in [-0.2, -0.15) is 0 Å². The van der Waals surface area contributed by atoms with Crippen LogP contribution in [0.4, 0.5) is 0 Å². The van der Waals surface area contributed by atoms with Gasteiger partial charge in [0.05, 0.1) is 5.60 Å². The normalized spacial score (nSPS) is 23.8. The van der Waals surface area contributed by atoms with E-state index in [1.165, 1.54) is 32.1 Å². The van der Waals surface area contributed by atoms with E-state index in [0.717, 1.165) is 40.2 Å². The van der Waals surface area contributed by atoms with E-state index in [4.69, 9.17) is 11.6 Å². The standard InChI is InChI=1S/C29H35ClN2O2S.CH4/c1-35-24-11-12-26-21(16-24)17-25(28(33)32-26)27(20-7-9-22(30)10-8-20)29(34)13-14-31-23(18-29)15-19-5-3-2-4-6-19;/h7-12,16-17,19,23,27,31,34H,2-6,13-15,18H2,1H3,(H,32,33);1H4. The number of nitrogens with one attached hydrogen (secondary N) is 2. The second-order valence-corrected chi connectivity index (χ2v) is 11.8. The Morgan fingerprint density at radius 1 is 1.11 bits per heavy atom. The third kappa shape index (κ3) is 5.85. The number of fused-ring (bicyclic) bond motifs is 1. The van der Waals surface area contributed by atoms with Crippen molar-refractivity contribution in [1.82, 2.24) is 10.3 Å². The molecule has 0 spiro atoms. The number of thioether (sulfide) groups is 1. The molecular weight excluding hydrogens is 488 g/mol. The molecule has 3 aromatic rings. The van der Waals surface area contributed by atoms with E-state index in [1.54, 1.807) is 11.8 Å². The number of H-pyrrole nitrogens is 1. The minimum atomic E-state index is -1.02. The fourth-order valence-corrected chi connectivity index (χ4v) is 6.90. The number of piperidine rings is 1. The first-order chi connectivity index (χ1) is 16.9. The molecule has 4 nitrogen and oxygen atoms in total. The van der Waals surface area contributed by atoms with E-state index in [2.05, 4.69) is 22.6 Å². The fourth-order valence-electron chi connectivity index (χ4n) is 6.33. The molecule has 0 radical (unpaired) electrons. The molecule has 5 rings (SSSR count). The minimum absolute atomic E-state index is 0. The Hall–Kier alpha value is -1.79. The van der Waals surface area contributed by atoms with Crippen molar-refractivity contribution in [3.05, 3.63) is 75.0 Å². The lowest BCUT2D eigenvalue weighted by atomic mass is 9.69. The quantitative estimate of drug-likeness (QED) is 0.299. The average molecular weight is 527 g/mol. The van der Waals surface area contributed by atoms with E-state index < -0.39 is 11.5 Å². The van der Waals surface area contributed by atoms with Crippen molar-refractivity contribution in [2.24, 2.45) is 5.92 Å². The van der Waals surface area contributed by atoms with Crippen LogP contribution < -0.4 is 10.9 Å². The van der Waals surface area contributed by atoms with Crippen molar-refractivity contribution in [2.45, 2.75) is 81.2 Å². The van der Waals surface area contributed by atoms with Gasteiger partial charge in [0.15, 0.2) is 0 Å². The molecule has 194 valence electrons. The van der Waals surface area contributed by atoms with Crippen LogP contribution in [0.1, 0.15) is 75.8 Å². The van der Waals surface area contributed by atoms with Gasteiger partial charge in [-0.1, -0.05) is 63.3 Å². The minimum Gasteiger partial charge on any atom is -0.389 e. The lowest BCUT2D eigenvalue weighted by Gasteiger charge is -2.44. The first-order valence-corrected chi connectivity index (χ1v) is 14.5. The molecule has 2 aliphatic rings. The van der Waals surface area contributed by atoms with Gasteiger partial charge in [-0.25, -0.2) is 0 Å². The Morgan fingerprint density at radius 3 is 2.58 bits per heavy atom. The summed E-state index contributed by atoms with van der Waals surface area (Å²) in [5.41, 5.74) is 1.22. The number of benzene rings is 2. The van der Waals surface area contributed by atoms with Gasteiger partial charge in [0.2, 0.25) is 0 Å². The second kappa shape index (κ2) is 11.7. The molecule has 1 saturated carbocycles. The third-order valence-corrected chi connectivity index (χ3v) is 9.04. The van der Waals surface area contributed by atoms with Crippen LogP contribution in [0.3, 0.4) is 0 Å². The predicted octanol–water partition coefficient (Wildman–Crippen LogP) is 7.12. The number of hydrogen-bond donors (Lipinski definition) is 3. The number of aromatic amines is 1. The summed E-state index contributed by atoms with van der Waals surface area (Å²) in [6.07, 6.45) is 11.0. The Bertz CT molecular complexity index is 1220. The van der Waals surface area contributed by atoms with Gasteiger partial charge in [0.25, 0.3) is 5.56 Å². The number of halogens is 1. The Morgan fingerprint density at radius 2 is 1.86 bits per heavy atom. The van der Waals surface area contributed by atoms with Crippen LogP contribution in [-0.2, 0) is 0 Å². The molecule has 2 heterocycles. The van der Waals surface area contributed by atoms with Crippen LogP contribution in [0.25, 0.3) is 10.9 Å². The number of aliphatic hydroxyl groups is 1. The maximum atomic E-state index is 13.4. The lowest BCUT2D eigenvalue weighted by Crippen LogP contribution is -2.52. The fraction of sp³-hybridized carbons (Fsp3) is 0.500. The molecule has 3 unspecified atom stereocenters. The summed E-state index contributed by atoms with van der Waals surface area (Å²) < 4.78 is 0. The lowest BCUT2D eigenvalue weighted by molar-refractivity contribution is -0.0223.